The standard InChI is InChI=1S/C10H13N3O3/c14-9(13-6-4-11-12-5-6)7-2-1-3-8(7)10(15)16/h4-5,7-8H,1-3H2,(H,11,12)(H,13,14)(H,15,16). The van der Waals surface area contributed by atoms with Crippen LogP contribution in [0.25, 0.3) is 0 Å². The SMILES string of the molecule is O=C(O)C1CCCC1C(=O)Nc1cn[nH]c1. The summed E-state index contributed by atoms with van der Waals surface area (Å²) in [4.78, 5) is 22.7. The molecule has 3 N–H and O–H groups in total. The summed E-state index contributed by atoms with van der Waals surface area (Å²) in [5.74, 6) is -2.09. The largest absolute Gasteiger partial charge is 0.481 e. The number of aromatic nitrogens is 2. The van der Waals surface area contributed by atoms with Gasteiger partial charge in [0, 0.05) is 6.20 Å². The molecule has 1 aliphatic carbocycles. The third-order valence-corrected chi connectivity index (χ3v) is 2.94. The normalized spacial score (nSPS) is 24.2. The van der Waals surface area contributed by atoms with E-state index in [1.807, 2.05) is 0 Å². The van der Waals surface area contributed by atoms with E-state index in [4.69, 9.17) is 5.11 Å². The van der Waals surface area contributed by atoms with E-state index >= 15 is 0 Å². The zero-order valence-corrected chi connectivity index (χ0v) is 8.64. The van der Waals surface area contributed by atoms with Gasteiger partial charge in [-0.25, -0.2) is 0 Å². The van der Waals surface area contributed by atoms with Crippen LogP contribution in [0.5, 0.6) is 0 Å². The molecule has 0 spiro atoms. The van der Waals surface area contributed by atoms with Crippen molar-refractivity contribution in [2.45, 2.75) is 19.3 Å². The van der Waals surface area contributed by atoms with E-state index < -0.39 is 17.8 Å². The number of nitrogens with zero attached hydrogens (tertiary/aromatic N) is 1. The molecule has 1 amide bonds. The highest BCUT2D eigenvalue weighted by atomic mass is 16.4. The number of aromatic amines is 1. The van der Waals surface area contributed by atoms with Crippen molar-refractivity contribution in [2.75, 3.05) is 5.32 Å². The average Bonchev–Trinajstić information content (AvgIpc) is 2.86. The van der Waals surface area contributed by atoms with Crippen LogP contribution in [0, 0.1) is 11.8 Å². The van der Waals surface area contributed by atoms with Gasteiger partial charge in [-0.15, -0.1) is 0 Å². The average molecular weight is 223 g/mol. The number of hydrogen-bond donors (Lipinski definition) is 3. The molecule has 1 heterocycles. The minimum atomic E-state index is -0.884. The molecule has 1 fully saturated rings. The second-order valence-electron chi connectivity index (χ2n) is 3.96. The van der Waals surface area contributed by atoms with Gasteiger partial charge < -0.3 is 10.4 Å². The first-order valence-electron chi connectivity index (χ1n) is 5.21. The molecular formula is C10H13N3O3. The molecule has 6 nitrogen and oxygen atoms in total. The number of H-pyrrole nitrogens is 1. The summed E-state index contributed by atoms with van der Waals surface area (Å²) in [6, 6.07) is 0. The topological polar surface area (TPSA) is 95.1 Å². The van der Waals surface area contributed by atoms with Crippen LogP contribution in [-0.2, 0) is 9.59 Å². The summed E-state index contributed by atoms with van der Waals surface area (Å²) >= 11 is 0. The van der Waals surface area contributed by atoms with Crippen molar-refractivity contribution in [3.05, 3.63) is 12.4 Å². The lowest BCUT2D eigenvalue weighted by molar-refractivity contribution is -0.145. The highest BCUT2D eigenvalue weighted by molar-refractivity contribution is 5.95. The zero-order valence-electron chi connectivity index (χ0n) is 8.64. The van der Waals surface area contributed by atoms with Crippen molar-refractivity contribution in [1.82, 2.24) is 10.2 Å². The predicted molar refractivity (Wildman–Crippen MR) is 55.7 cm³/mol. The number of anilines is 1. The maximum atomic E-state index is 11.8. The van der Waals surface area contributed by atoms with Crippen molar-refractivity contribution < 1.29 is 14.7 Å². The van der Waals surface area contributed by atoms with Gasteiger partial charge >= 0.3 is 5.97 Å². The zero-order chi connectivity index (χ0) is 11.5. The Morgan fingerprint density at radius 2 is 2.19 bits per heavy atom. The Kier molecular flexibility index (Phi) is 2.89. The van der Waals surface area contributed by atoms with Crippen molar-refractivity contribution in [2.24, 2.45) is 11.8 Å². The predicted octanol–water partition coefficient (Wildman–Crippen LogP) is 0.849. The molecule has 16 heavy (non-hydrogen) atoms. The van der Waals surface area contributed by atoms with Crippen LogP contribution in [0.4, 0.5) is 5.69 Å². The van der Waals surface area contributed by atoms with Gasteiger partial charge in [0.05, 0.1) is 23.7 Å². The van der Waals surface area contributed by atoms with Gasteiger partial charge in [-0.1, -0.05) is 6.42 Å². The highest BCUT2D eigenvalue weighted by Crippen LogP contribution is 2.32. The molecule has 1 aromatic heterocycles. The quantitative estimate of drug-likeness (QED) is 0.707. The monoisotopic (exact) mass is 223 g/mol. The minimum Gasteiger partial charge on any atom is -0.481 e. The lowest BCUT2D eigenvalue weighted by atomic mass is 9.95. The van der Waals surface area contributed by atoms with E-state index in [-0.39, 0.29) is 5.91 Å². The molecule has 1 aliphatic rings. The van der Waals surface area contributed by atoms with E-state index in [0.717, 1.165) is 6.42 Å². The number of rotatable bonds is 3. The van der Waals surface area contributed by atoms with Gasteiger partial charge in [0.1, 0.15) is 0 Å². The number of hydrogen-bond acceptors (Lipinski definition) is 3. The van der Waals surface area contributed by atoms with Gasteiger partial charge in [0.2, 0.25) is 5.91 Å². The summed E-state index contributed by atoms with van der Waals surface area (Å²) in [7, 11) is 0. The van der Waals surface area contributed by atoms with E-state index in [1.54, 1.807) is 6.20 Å². The number of carboxylic acids is 1. The Balaban J connectivity index is 2.01. The molecule has 0 saturated heterocycles. The molecule has 1 saturated carbocycles. The summed E-state index contributed by atoms with van der Waals surface area (Å²) in [5, 5.41) is 17.9. The Bertz CT molecular complexity index is 388. The third-order valence-electron chi connectivity index (χ3n) is 2.94. The third kappa shape index (κ3) is 2.05. The van der Waals surface area contributed by atoms with Crippen LogP contribution in [0.1, 0.15) is 19.3 Å². The highest BCUT2D eigenvalue weighted by Gasteiger charge is 2.37. The first kappa shape index (κ1) is 10.7. The number of carbonyl (C=O) groups excluding carboxylic acids is 1. The van der Waals surface area contributed by atoms with Gasteiger partial charge in [-0.2, -0.15) is 5.10 Å². The summed E-state index contributed by atoms with van der Waals surface area (Å²) in [6.07, 6.45) is 5.06. The number of nitrogens with one attached hydrogen (secondary N) is 2. The Labute approximate surface area is 92.0 Å². The number of aliphatic carboxylic acids is 1. The molecule has 2 atom stereocenters. The van der Waals surface area contributed by atoms with E-state index in [1.165, 1.54) is 6.20 Å². The molecule has 6 heteroatoms. The summed E-state index contributed by atoms with van der Waals surface area (Å²) in [5.41, 5.74) is 0.570. The van der Waals surface area contributed by atoms with Gasteiger partial charge in [0.15, 0.2) is 0 Å². The number of amides is 1. The molecule has 2 rings (SSSR count). The summed E-state index contributed by atoms with van der Waals surface area (Å²) < 4.78 is 0. The van der Waals surface area contributed by atoms with Crippen LogP contribution in [-0.4, -0.2) is 27.2 Å². The summed E-state index contributed by atoms with van der Waals surface area (Å²) in [6.45, 7) is 0. The fraction of sp³-hybridized carbons (Fsp3) is 0.500. The second kappa shape index (κ2) is 4.34. The molecule has 86 valence electrons. The van der Waals surface area contributed by atoms with Crippen molar-refractivity contribution in [3.63, 3.8) is 0 Å². The fourth-order valence-electron chi connectivity index (χ4n) is 2.12. The molecule has 2 unspecified atom stereocenters. The van der Waals surface area contributed by atoms with Crippen molar-refractivity contribution >= 4 is 17.6 Å². The first-order chi connectivity index (χ1) is 7.68. The van der Waals surface area contributed by atoms with Gasteiger partial charge in [0.25, 0.3) is 0 Å². The fourth-order valence-corrected chi connectivity index (χ4v) is 2.12. The maximum absolute atomic E-state index is 11.8. The minimum absolute atomic E-state index is 0.230. The van der Waals surface area contributed by atoms with Gasteiger partial charge in [-0.3, -0.25) is 14.7 Å². The second-order valence-corrected chi connectivity index (χ2v) is 3.96. The van der Waals surface area contributed by atoms with Crippen molar-refractivity contribution in [3.8, 4) is 0 Å². The maximum Gasteiger partial charge on any atom is 0.307 e. The van der Waals surface area contributed by atoms with Crippen LogP contribution in [0.2, 0.25) is 0 Å². The van der Waals surface area contributed by atoms with Crippen LogP contribution in [0.15, 0.2) is 12.4 Å². The van der Waals surface area contributed by atoms with E-state index in [9.17, 15) is 9.59 Å². The van der Waals surface area contributed by atoms with Gasteiger partial charge in [-0.05, 0) is 12.8 Å². The molecule has 0 bridgehead atoms. The lowest BCUT2D eigenvalue weighted by Crippen LogP contribution is -2.29. The van der Waals surface area contributed by atoms with Crippen molar-refractivity contribution in [1.29, 1.82) is 0 Å². The Morgan fingerprint density at radius 3 is 2.81 bits per heavy atom. The lowest BCUT2D eigenvalue weighted by Gasteiger charge is -2.14. The van der Waals surface area contributed by atoms with E-state index in [2.05, 4.69) is 15.5 Å². The smallest absolute Gasteiger partial charge is 0.307 e. The number of carboxylic acid groups (broad SMARTS) is 1. The van der Waals surface area contributed by atoms with Crippen LogP contribution in [0.3, 0.4) is 0 Å². The molecule has 0 aliphatic heterocycles. The van der Waals surface area contributed by atoms with Crippen LogP contribution < -0.4 is 5.32 Å². The Morgan fingerprint density at radius 1 is 1.44 bits per heavy atom. The number of carbonyl (C=O) groups is 2. The molecule has 0 aromatic carbocycles. The molecule has 1 aromatic rings. The first-order valence-corrected chi connectivity index (χ1v) is 5.21. The van der Waals surface area contributed by atoms with E-state index in [0.29, 0.717) is 18.5 Å². The molecule has 0 radical (unpaired) electrons. The molecular weight excluding hydrogens is 210 g/mol. The Hall–Kier alpha value is -1.85. The van der Waals surface area contributed by atoms with Crippen LogP contribution >= 0.6 is 0 Å².